The van der Waals surface area contributed by atoms with Crippen LogP contribution in [0.5, 0.6) is 0 Å². The lowest BCUT2D eigenvalue weighted by molar-refractivity contribution is -0.140. The van der Waals surface area contributed by atoms with Crippen molar-refractivity contribution in [2.75, 3.05) is 14.2 Å². The molecule has 1 aliphatic rings. The fourth-order valence-corrected chi connectivity index (χ4v) is 1.83. The number of methoxy groups -OCH3 is 1. The molecule has 1 aliphatic heterocycles. The van der Waals surface area contributed by atoms with Gasteiger partial charge in [-0.15, -0.1) is 0 Å². The van der Waals surface area contributed by atoms with Crippen molar-refractivity contribution < 1.29 is 18.7 Å². The summed E-state index contributed by atoms with van der Waals surface area (Å²) in [6, 6.07) is 5.89. The van der Waals surface area contributed by atoms with Crippen LogP contribution in [0.1, 0.15) is 12.5 Å². The van der Waals surface area contributed by atoms with Gasteiger partial charge in [0.2, 0.25) is 5.76 Å². The van der Waals surface area contributed by atoms with Gasteiger partial charge in [0.05, 0.1) is 12.8 Å². The number of benzene rings is 1. The Morgan fingerprint density at radius 3 is 2.56 bits per heavy atom. The quantitative estimate of drug-likeness (QED) is 0.753. The lowest BCUT2D eigenvalue weighted by Crippen LogP contribution is -2.22. The molecule has 0 amide bonds. The van der Waals surface area contributed by atoms with E-state index in [1.807, 2.05) is 6.92 Å². The summed E-state index contributed by atoms with van der Waals surface area (Å²) < 4.78 is 23.1. The van der Waals surface area contributed by atoms with Crippen molar-refractivity contribution in [3.05, 3.63) is 41.4 Å². The third kappa shape index (κ3) is 2.03. The predicted octanol–water partition coefficient (Wildman–Crippen LogP) is 1.98. The van der Waals surface area contributed by atoms with Crippen molar-refractivity contribution in [1.82, 2.24) is 4.90 Å². The molecule has 0 aromatic heterocycles. The van der Waals surface area contributed by atoms with Crippen molar-refractivity contribution in [1.29, 1.82) is 0 Å². The van der Waals surface area contributed by atoms with Crippen LogP contribution in [0.25, 0.3) is 5.70 Å². The molecule has 0 spiro atoms. The van der Waals surface area contributed by atoms with Gasteiger partial charge >= 0.3 is 5.97 Å². The number of halogens is 1. The number of carbonyl (C=O) groups excluding carboxylic acids is 1. The molecule has 0 bridgehead atoms. The van der Waals surface area contributed by atoms with E-state index in [2.05, 4.69) is 4.74 Å². The molecular formula is C13H14FNO3. The smallest absolute Gasteiger partial charge is 0.375 e. The van der Waals surface area contributed by atoms with Gasteiger partial charge in [0.15, 0.2) is 6.23 Å². The van der Waals surface area contributed by atoms with Crippen LogP contribution in [0.3, 0.4) is 0 Å². The summed E-state index contributed by atoms with van der Waals surface area (Å²) in [5.41, 5.74) is 1.32. The van der Waals surface area contributed by atoms with Gasteiger partial charge in [-0.3, -0.25) is 0 Å². The van der Waals surface area contributed by atoms with Gasteiger partial charge < -0.3 is 14.4 Å². The number of carbonyl (C=O) groups is 1. The summed E-state index contributed by atoms with van der Waals surface area (Å²) in [5, 5.41) is 0. The van der Waals surface area contributed by atoms with E-state index in [9.17, 15) is 9.18 Å². The Balaban J connectivity index is 2.48. The molecule has 96 valence electrons. The number of hydrogen-bond donors (Lipinski definition) is 0. The minimum atomic E-state index is -0.537. The van der Waals surface area contributed by atoms with Crippen LogP contribution in [0, 0.1) is 5.82 Å². The standard InChI is InChI=1S/C13H14FNO3/c1-8-15(2)11(12(18-8)13(16)17-3)9-4-6-10(14)7-5-9/h4-8H,1-3H3. The van der Waals surface area contributed by atoms with Crippen LogP contribution in [0.4, 0.5) is 4.39 Å². The molecule has 1 aromatic carbocycles. The van der Waals surface area contributed by atoms with Gasteiger partial charge in [-0.2, -0.15) is 0 Å². The van der Waals surface area contributed by atoms with Crippen molar-refractivity contribution in [2.24, 2.45) is 0 Å². The predicted molar refractivity (Wildman–Crippen MR) is 63.6 cm³/mol. The second kappa shape index (κ2) is 4.68. The molecule has 0 saturated carbocycles. The zero-order valence-electron chi connectivity index (χ0n) is 10.4. The molecule has 0 fully saturated rings. The highest BCUT2D eigenvalue weighted by atomic mass is 19.1. The van der Waals surface area contributed by atoms with E-state index in [0.717, 1.165) is 0 Å². The van der Waals surface area contributed by atoms with Gasteiger partial charge in [0.25, 0.3) is 0 Å². The molecule has 1 heterocycles. The van der Waals surface area contributed by atoms with E-state index in [0.29, 0.717) is 11.3 Å². The maximum atomic E-state index is 12.9. The van der Waals surface area contributed by atoms with Crippen molar-refractivity contribution in [3.63, 3.8) is 0 Å². The molecule has 0 N–H and O–H groups in total. The topological polar surface area (TPSA) is 38.8 Å². The van der Waals surface area contributed by atoms with Gasteiger partial charge in [-0.25, -0.2) is 9.18 Å². The van der Waals surface area contributed by atoms with Crippen molar-refractivity contribution in [2.45, 2.75) is 13.2 Å². The van der Waals surface area contributed by atoms with E-state index >= 15 is 0 Å². The Labute approximate surface area is 105 Å². The first kappa shape index (κ1) is 12.4. The summed E-state index contributed by atoms with van der Waals surface area (Å²) >= 11 is 0. The first-order valence-electron chi connectivity index (χ1n) is 5.52. The monoisotopic (exact) mass is 251 g/mol. The Bertz CT molecular complexity index is 495. The molecule has 2 rings (SSSR count). The maximum Gasteiger partial charge on any atom is 0.375 e. The summed E-state index contributed by atoms with van der Waals surface area (Å²) in [7, 11) is 3.10. The van der Waals surface area contributed by atoms with Crippen LogP contribution in [0.15, 0.2) is 30.0 Å². The fourth-order valence-electron chi connectivity index (χ4n) is 1.83. The van der Waals surface area contributed by atoms with Crippen LogP contribution in [-0.2, 0) is 14.3 Å². The minimum absolute atomic E-state index is 0.152. The average Bonchev–Trinajstić information content (AvgIpc) is 2.66. The van der Waals surface area contributed by atoms with E-state index < -0.39 is 5.97 Å². The third-order valence-corrected chi connectivity index (χ3v) is 2.89. The molecule has 0 aliphatic carbocycles. The highest BCUT2D eigenvalue weighted by Crippen LogP contribution is 2.32. The largest absolute Gasteiger partial charge is 0.463 e. The number of ether oxygens (including phenoxy) is 2. The van der Waals surface area contributed by atoms with Gasteiger partial charge in [0, 0.05) is 12.6 Å². The van der Waals surface area contributed by atoms with E-state index in [1.54, 1.807) is 24.1 Å². The lowest BCUT2D eigenvalue weighted by atomic mass is 10.1. The molecule has 5 heteroatoms. The van der Waals surface area contributed by atoms with Gasteiger partial charge in [-0.1, -0.05) is 0 Å². The number of nitrogens with zero attached hydrogens (tertiary/aromatic N) is 1. The Kier molecular flexibility index (Phi) is 3.23. The lowest BCUT2D eigenvalue weighted by Gasteiger charge is -2.19. The first-order valence-corrected chi connectivity index (χ1v) is 5.52. The normalized spacial score (nSPS) is 18.9. The highest BCUT2D eigenvalue weighted by molar-refractivity contribution is 5.95. The Morgan fingerprint density at radius 2 is 2.00 bits per heavy atom. The first-order chi connectivity index (χ1) is 8.54. The third-order valence-electron chi connectivity index (χ3n) is 2.89. The highest BCUT2D eigenvalue weighted by Gasteiger charge is 2.33. The number of esters is 1. The number of rotatable bonds is 2. The summed E-state index contributed by atoms with van der Waals surface area (Å²) in [6.45, 7) is 1.82. The van der Waals surface area contributed by atoms with Gasteiger partial charge in [0.1, 0.15) is 5.82 Å². The Hall–Kier alpha value is -2.04. The molecule has 1 aromatic rings. The molecule has 0 radical (unpaired) electrons. The Morgan fingerprint density at radius 1 is 1.39 bits per heavy atom. The van der Waals surface area contributed by atoms with Crippen LogP contribution >= 0.6 is 0 Å². The zero-order chi connectivity index (χ0) is 13.3. The molecule has 1 atom stereocenters. The zero-order valence-corrected chi connectivity index (χ0v) is 10.4. The van der Waals surface area contributed by atoms with Gasteiger partial charge in [-0.05, 0) is 31.2 Å². The molecule has 4 nitrogen and oxygen atoms in total. The number of hydrogen-bond acceptors (Lipinski definition) is 4. The van der Waals surface area contributed by atoms with E-state index in [4.69, 9.17) is 4.74 Å². The van der Waals surface area contributed by atoms with E-state index in [-0.39, 0.29) is 17.8 Å². The summed E-state index contributed by atoms with van der Waals surface area (Å²) in [4.78, 5) is 13.5. The summed E-state index contributed by atoms with van der Waals surface area (Å²) in [6.07, 6.45) is -0.265. The second-order valence-electron chi connectivity index (χ2n) is 4.00. The second-order valence-corrected chi connectivity index (χ2v) is 4.00. The molecule has 18 heavy (non-hydrogen) atoms. The van der Waals surface area contributed by atoms with Crippen LogP contribution in [-0.4, -0.2) is 31.3 Å². The van der Waals surface area contributed by atoms with Crippen LogP contribution < -0.4 is 0 Å². The molecule has 0 saturated heterocycles. The SMILES string of the molecule is COC(=O)C1=C(c2ccc(F)cc2)N(C)C(C)O1. The fraction of sp³-hybridized carbons (Fsp3) is 0.308. The summed E-state index contributed by atoms with van der Waals surface area (Å²) in [5.74, 6) is -0.710. The van der Waals surface area contributed by atoms with Crippen molar-refractivity contribution >= 4 is 11.7 Å². The molecule has 1 unspecified atom stereocenters. The minimum Gasteiger partial charge on any atom is -0.463 e. The average molecular weight is 251 g/mol. The molecular weight excluding hydrogens is 237 g/mol. The van der Waals surface area contributed by atoms with Crippen molar-refractivity contribution in [3.8, 4) is 0 Å². The van der Waals surface area contributed by atoms with E-state index in [1.165, 1.54) is 19.2 Å². The maximum absolute atomic E-state index is 12.9. The van der Waals surface area contributed by atoms with Crippen LogP contribution in [0.2, 0.25) is 0 Å².